The van der Waals surface area contributed by atoms with Gasteiger partial charge in [-0.05, 0) is 35.7 Å². The minimum absolute atomic E-state index is 0.537. The molecule has 20 heavy (non-hydrogen) atoms. The minimum atomic E-state index is 0.537. The van der Waals surface area contributed by atoms with Gasteiger partial charge >= 0.3 is 0 Å². The van der Waals surface area contributed by atoms with E-state index in [-0.39, 0.29) is 0 Å². The van der Waals surface area contributed by atoms with Gasteiger partial charge in [0.2, 0.25) is 0 Å². The van der Waals surface area contributed by atoms with Crippen LogP contribution >= 0.6 is 0 Å². The van der Waals surface area contributed by atoms with Gasteiger partial charge in [0, 0.05) is 12.2 Å². The highest BCUT2D eigenvalue weighted by molar-refractivity contribution is 5.51. The molecule has 0 radical (unpaired) electrons. The van der Waals surface area contributed by atoms with Crippen molar-refractivity contribution < 1.29 is 4.74 Å². The topological polar surface area (TPSA) is 21.3 Å². The number of para-hydroxylation sites is 1. The lowest BCUT2D eigenvalue weighted by Gasteiger charge is -2.11. The van der Waals surface area contributed by atoms with Crippen LogP contribution in [-0.4, -0.2) is 6.61 Å². The standard InChI is InChI=1S/C18H21NO/c1-3-12-20-17-10-7-8-15(13-17)14-19-18-11-6-5-9-16(18)4-2/h3,5-11,13,19H,1,4,12,14H2,2H3. The zero-order valence-electron chi connectivity index (χ0n) is 11.9. The summed E-state index contributed by atoms with van der Waals surface area (Å²) >= 11 is 0. The lowest BCUT2D eigenvalue weighted by atomic mass is 10.1. The van der Waals surface area contributed by atoms with Gasteiger partial charge in [-0.2, -0.15) is 0 Å². The van der Waals surface area contributed by atoms with Crippen LogP contribution in [0.1, 0.15) is 18.1 Å². The zero-order chi connectivity index (χ0) is 14.2. The van der Waals surface area contributed by atoms with E-state index in [4.69, 9.17) is 4.74 Å². The number of ether oxygens (including phenoxy) is 1. The quantitative estimate of drug-likeness (QED) is 0.749. The summed E-state index contributed by atoms with van der Waals surface area (Å²) in [5.74, 6) is 0.882. The Morgan fingerprint density at radius 2 is 2.00 bits per heavy atom. The van der Waals surface area contributed by atoms with E-state index in [0.29, 0.717) is 6.61 Å². The van der Waals surface area contributed by atoms with Gasteiger partial charge in [0.25, 0.3) is 0 Å². The van der Waals surface area contributed by atoms with Gasteiger partial charge < -0.3 is 10.1 Å². The van der Waals surface area contributed by atoms with Crippen molar-refractivity contribution in [1.29, 1.82) is 0 Å². The van der Waals surface area contributed by atoms with E-state index in [2.05, 4.69) is 55.2 Å². The lowest BCUT2D eigenvalue weighted by Crippen LogP contribution is -2.02. The molecular weight excluding hydrogens is 246 g/mol. The third-order valence-electron chi connectivity index (χ3n) is 3.15. The number of benzene rings is 2. The summed E-state index contributed by atoms with van der Waals surface area (Å²) in [5.41, 5.74) is 3.75. The predicted molar refractivity (Wildman–Crippen MR) is 85.3 cm³/mol. The highest BCUT2D eigenvalue weighted by atomic mass is 16.5. The molecule has 0 amide bonds. The van der Waals surface area contributed by atoms with E-state index in [9.17, 15) is 0 Å². The van der Waals surface area contributed by atoms with Crippen molar-refractivity contribution in [2.45, 2.75) is 19.9 Å². The molecule has 0 atom stereocenters. The smallest absolute Gasteiger partial charge is 0.120 e. The van der Waals surface area contributed by atoms with E-state index in [1.165, 1.54) is 16.8 Å². The maximum absolute atomic E-state index is 5.55. The Morgan fingerprint density at radius 1 is 1.15 bits per heavy atom. The number of aryl methyl sites for hydroxylation is 1. The second-order valence-electron chi connectivity index (χ2n) is 4.61. The zero-order valence-corrected chi connectivity index (χ0v) is 11.9. The van der Waals surface area contributed by atoms with Crippen LogP contribution in [0.3, 0.4) is 0 Å². The molecule has 0 saturated carbocycles. The van der Waals surface area contributed by atoms with E-state index in [1.807, 2.05) is 12.1 Å². The van der Waals surface area contributed by atoms with Gasteiger partial charge in [0.05, 0.1) is 0 Å². The second-order valence-corrected chi connectivity index (χ2v) is 4.61. The number of nitrogens with one attached hydrogen (secondary N) is 1. The third kappa shape index (κ3) is 3.89. The number of hydrogen-bond donors (Lipinski definition) is 1. The molecule has 0 unspecified atom stereocenters. The minimum Gasteiger partial charge on any atom is -0.490 e. The summed E-state index contributed by atoms with van der Waals surface area (Å²) in [4.78, 5) is 0. The van der Waals surface area contributed by atoms with Gasteiger partial charge in [0.15, 0.2) is 0 Å². The first-order chi connectivity index (χ1) is 9.83. The molecule has 0 heterocycles. The Balaban J connectivity index is 2.01. The van der Waals surface area contributed by atoms with Crippen molar-refractivity contribution in [2.24, 2.45) is 0 Å². The summed E-state index contributed by atoms with van der Waals surface area (Å²) in [7, 11) is 0. The largest absolute Gasteiger partial charge is 0.490 e. The van der Waals surface area contributed by atoms with Crippen molar-refractivity contribution in [3.05, 3.63) is 72.3 Å². The van der Waals surface area contributed by atoms with Gasteiger partial charge in [-0.3, -0.25) is 0 Å². The first kappa shape index (κ1) is 14.2. The fraction of sp³-hybridized carbons (Fsp3) is 0.222. The summed E-state index contributed by atoms with van der Waals surface area (Å²) in [6.45, 7) is 7.16. The normalized spacial score (nSPS) is 10.1. The third-order valence-corrected chi connectivity index (χ3v) is 3.15. The first-order valence-corrected chi connectivity index (χ1v) is 6.98. The van der Waals surface area contributed by atoms with Crippen LogP contribution in [0.5, 0.6) is 5.75 Å². The molecule has 0 aliphatic rings. The van der Waals surface area contributed by atoms with Crippen LogP contribution in [0.4, 0.5) is 5.69 Å². The maximum Gasteiger partial charge on any atom is 0.120 e. The lowest BCUT2D eigenvalue weighted by molar-refractivity contribution is 0.363. The molecule has 0 saturated heterocycles. The van der Waals surface area contributed by atoms with Gasteiger partial charge in [0.1, 0.15) is 12.4 Å². The van der Waals surface area contributed by atoms with E-state index < -0.39 is 0 Å². The number of rotatable bonds is 7. The molecular formula is C18H21NO. The van der Waals surface area contributed by atoms with E-state index in [0.717, 1.165) is 18.7 Å². The summed E-state index contributed by atoms with van der Waals surface area (Å²) in [6.07, 6.45) is 2.79. The Hall–Kier alpha value is -2.22. The molecule has 2 aromatic carbocycles. The molecule has 0 bridgehead atoms. The number of anilines is 1. The Labute approximate surface area is 121 Å². The molecule has 104 valence electrons. The molecule has 1 N–H and O–H groups in total. The van der Waals surface area contributed by atoms with Crippen LogP contribution in [0.25, 0.3) is 0 Å². The van der Waals surface area contributed by atoms with Gasteiger partial charge in [-0.1, -0.05) is 49.9 Å². The molecule has 0 fully saturated rings. The van der Waals surface area contributed by atoms with Gasteiger partial charge in [-0.15, -0.1) is 0 Å². The summed E-state index contributed by atoms with van der Waals surface area (Å²) in [5, 5.41) is 3.49. The molecule has 0 aliphatic heterocycles. The molecule has 0 aliphatic carbocycles. The van der Waals surface area contributed by atoms with Crippen LogP contribution in [0.15, 0.2) is 61.2 Å². The van der Waals surface area contributed by atoms with Crippen LogP contribution in [-0.2, 0) is 13.0 Å². The van der Waals surface area contributed by atoms with E-state index >= 15 is 0 Å². The average molecular weight is 267 g/mol. The second kappa shape index (κ2) is 7.39. The Kier molecular flexibility index (Phi) is 5.24. The van der Waals surface area contributed by atoms with Crippen molar-refractivity contribution in [3.63, 3.8) is 0 Å². The molecule has 2 nitrogen and oxygen atoms in total. The molecule has 2 aromatic rings. The van der Waals surface area contributed by atoms with E-state index in [1.54, 1.807) is 6.08 Å². The Morgan fingerprint density at radius 3 is 2.80 bits per heavy atom. The van der Waals surface area contributed by atoms with Crippen molar-refractivity contribution >= 4 is 5.69 Å². The SMILES string of the molecule is C=CCOc1cccc(CNc2ccccc2CC)c1. The van der Waals surface area contributed by atoms with Crippen molar-refractivity contribution in [1.82, 2.24) is 0 Å². The first-order valence-electron chi connectivity index (χ1n) is 6.98. The fourth-order valence-electron chi connectivity index (χ4n) is 2.10. The summed E-state index contributed by atoms with van der Waals surface area (Å²) < 4.78 is 5.55. The molecule has 2 rings (SSSR count). The average Bonchev–Trinajstić information content (AvgIpc) is 2.51. The van der Waals surface area contributed by atoms with Crippen molar-refractivity contribution in [3.8, 4) is 5.75 Å². The molecule has 0 spiro atoms. The fourth-order valence-corrected chi connectivity index (χ4v) is 2.10. The highest BCUT2D eigenvalue weighted by Crippen LogP contribution is 2.18. The number of hydrogen-bond acceptors (Lipinski definition) is 2. The van der Waals surface area contributed by atoms with Crippen LogP contribution < -0.4 is 10.1 Å². The molecule has 2 heteroatoms. The Bertz CT molecular complexity index is 563. The summed E-state index contributed by atoms with van der Waals surface area (Å²) in [6, 6.07) is 16.6. The van der Waals surface area contributed by atoms with Crippen LogP contribution in [0, 0.1) is 0 Å². The molecule has 0 aromatic heterocycles. The monoisotopic (exact) mass is 267 g/mol. The van der Waals surface area contributed by atoms with Crippen molar-refractivity contribution in [2.75, 3.05) is 11.9 Å². The predicted octanol–water partition coefficient (Wildman–Crippen LogP) is 4.43. The van der Waals surface area contributed by atoms with Gasteiger partial charge in [-0.25, -0.2) is 0 Å². The maximum atomic E-state index is 5.55. The van der Waals surface area contributed by atoms with Crippen LogP contribution in [0.2, 0.25) is 0 Å². The highest BCUT2D eigenvalue weighted by Gasteiger charge is 2.00.